The van der Waals surface area contributed by atoms with Crippen LogP contribution in [0.1, 0.15) is 44.4 Å². The number of aryl methyl sites for hydroxylation is 1. The molecule has 1 atom stereocenters. The van der Waals surface area contributed by atoms with E-state index in [0.717, 1.165) is 12.4 Å². The van der Waals surface area contributed by atoms with Gasteiger partial charge in [-0.1, -0.05) is 33.8 Å². The molecule has 0 radical (unpaired) electrons. The number of hydrogen-bond donors (Lipinski definition) is 1. The highest BCUT2D eigenvalue weighted by atomic mass is 32.1. The minimum Gasteiger partial charge on any atom is -0.336 e. The standard InChI is InChI=1S/C17H27N3S/c1-12(2)14(13(3)4)11-19-16(15-7-6-10-21-15)17-18-8-9-20(17)5/h6-10,12-14,16,19H,11H2,1-5H3. The van der Waals surface area contributed by atoms with Crippen LogP contribution in [0.25, 0.3) is 0 Å². The molecule has 2 rings (SSSR count). The molecule has 2 aromatic heterocycles. The molecule has 2 heterocycles. The summed E-state index contributed by atoms with van der Waals surface area (Å²) in [5.74, 6) is 3.13. The first-order chi connectivity index (χ1) is 10.0. The molecule has 0 saturated carbocycles. The van der Waals surface area contributed by atoms with Gasteiger partial charge >= 0.3 is 0 Å². The van der Waals surface area contributed by atoms with Gasteiger partial charge in [-0.25, -0.2) is 4.98 Å². The first-order valence-electron chi connectivity index (χ1n) is 7.74. The highest BCUT2D eigenvalue weighted by Crippen LogP contribution is 2.26. The Morgan fingerprint density at radius 3 is 2.43 bits per heavy atom. The van der Waals surface area contributed by atoms with Crippen molar-refractivity contribution < 1.29 is 0 Å². The van der Waals surface area contributed by atoms with Crippen molar-refractivity contribution in [2.24, 2.45) is 24.8 Å². The normalized spacial score (nSPS) is 13.5. The average Bonchev–Trinajstić information content (AvgIpc) is 3.05. The second-order valence-corrected chi connectivity index (χ2v) is 7.38. The van der Waals surface area contributed by atoms with Gasteiger partial charge in [0.15, 0.2) is 0 Å². The summed E-state index contributed by atoms with van der Waals surface area (Å²) in [6.07, 6.45) is 3.89. The third kappa shape index (κ3) is 3.95. The number of rotatable bonds is 7. The molecule has 4 heteroatoms. The van der Waals surface area contributed by atoms with Crippen molar-refractivity contribution in [3.8, 4) is 0 Å². The van der Waals surface area contributed by atoms with Crippen LogP contribution in [-0.4, -0.2) is 16.1 Å². The Kier molecular flexibility index (Phi) is 5.59. The van der Waals surface area contributed by atoms with E-state index in [1.165, 1.54) is 4.88 Å². The lowest BCUT2D eigenvalue weighted by Gasteiger charge is -2.27. The molecule has 1 N–H and O–H groups in total. The molecule has 0 aliphatic heterocycles. The van der Waals surface area contributed by atoms with Gasteiger partial charge in [-0.3, -0.25) is 0 Å². The maximum atomic E-state index is 4.55. The topological polar surface area (TPSA) is 29.9 Å². The second-order valence-electron chi connectivity index (χ2n) is 6.40. The van der Waals surface area contributed by atoms with Crippen LogP contribution in [0.5, 0.6) is 0 Å². The van der Waals surface area contributed by atoms with E-state index in [-0.39, 0.29) is 6.04 Å². The molecule has 0 aromatic carbocycles. The number of hydrogen-bond acceptors (Lipinski definition) is 3. The molecule has 2 aromatic rings. The highest BCUT2D eigenvalue weighted by Gasteiger charge is 2.23. The fourth-order valence-corrected chi connectivity index (χ4v) is 3.72. The summed E-state index contributed by atoms with van der Waals surface area (Å²) in [7, 11) is 2.06. The van der Waals surface area contributed by atoms with E-state index in [1.54, 1.807) is 11.3 Å². The fourth-order valence-electron chi connectivity index (χ4n) is 2.93. The Morgan fingerprint density at radius 1 is 1.24 bits per heavy atom. The number of imidazole rings is 1. The van der Waals surface area contributed by atoms with Crippen LogP contribution >= 0.6 is 11.3 Å². The van der Waals surface area contributed by atoms with Gasteiger partial charge in [0.25, 0.3) is 0 Å². The van der Waals surface area contributed by atoms with Gasteiger partial charge in [0.2, 0.25) is 0 Å². The zero-order valence-corrected chi connectivity index (χ0v) is 14.5. The van der Waals surface area contributed by atoms with E-state index in [2.05, 4.69) is 67.1 Å². The summed E-state index contributed by atoms with van der Waals surface area (Å²) in [5, 5.41) is 5.89. The van der Waals surface area contributed by atoms with Gasteiger partial charge in [-0.2, -0.15) is 0 Å². The van der Waals surface area contributed by atoms with E-state index in [0.29, 0.717) is 17.8 Å². The van der Waals surface area contributed by atoms with Crippen molar-refractivity contribution in [3.05, 3.63) is 40.6 Å². The number of aromatic nitrogens is 2. The predicted molar refractivity (Wildman–Crippen MR) is 90.5 cm³/mol. The van der Waals surface area contributed by atoms with Gasteiger partial charge in [0.1, 0.15) is 11.9 Å². The molecule has 0 spiro atoms. The van der Waals surface area contributed by atoms with Crippen molar-refractivity contribution in [1.82, 2.24) is 14.9 Å². The van der Waals surface area contributed by atoms with Crippen molar-refractivity contribution in [1.29, 1.82) is 0 Å². The number of nitrogens with one attached hydrogen (secondary N) is 1. The first kappa shape index (κ1) is 16.2. The minimum absolute atomic E-state index is 0.185. The molecule has 1 unspecified atom stereocenters. The maximum Gasteiger partial charge on any atom is 0.131 e. The number of thiophene rings is 1. The molecule has 0 saturated heterocycles. The molecular formula is C17H27N3S. The molecular weight excluding hydrogens is 278 g/mol. The third-order valence-electron chi connectivity index (χ3n) is 4.21. The van der Waals surface area contributed by atoms with Crippen LogP contribution in [0.4, 0.5) is 0 Å². The van der Waals surface area contributed by atoms with Gasteiger partial charge in [-0.05, 0) is 35.7 Å². The summed E-state index contributed by atoms with van der Waals surface area (Å²) in [5.41, 5.74) is 0. The lowest BCUT2D eigenvalue weighted by Crippen LogP contribution is -2.33. The Morgan fingerprint density at radius 2 is 1.95 bits per heavy atom. The van der Waals surface area contributed by atoms with Crippen molar-refractivity contribution in [2.75, 3.05) is 6.54 Å². The third-order valence-corrected chi connectivity index (χ3v) is 5.15. The van der Waals surface area contributed by atoms with Crippen molar-refractivity contribution >= 4 is 11.3 Å². The Balaban J connectivity index is 2.16. The van der Waals surface area contributed by atoms with Crippen molar-refractivity contribution in [3.63, 3.8) is 0 Å². The van der Waals surface area contributed by atoms with Crippen LogP contribution in [0.3, 0.4) is 0 Å². The smallest absolute Gasteiger partial charge is 0.131 e. The summed E-state index contributed by atoms with van der Waals surface area (Å²) in [6, 6.07) is 4.49. The molecule has 0 amide bonds. The van der Waals surface area contributed by atoms with Gasteiger partial charge in [0.05, 0.1) is 0 Å². The highest BCUT2D eigenvalue weighted by molar-refractivity contribution is 7.10. The first-order valence-corrected chi connectivity index (χ1v) is 8.62. The Hall–Kier alpha value is -1.13. The molecule has 3 nitrogen and oxygen atoms in total. The summed E-state index contributed by atoms with van der Waals surface area (Å²) in [6.45, 7) is 10.3. The SMILES string of the molecule is CC(C)C(CNC(c1cccs1)c1nccn1C)C(C)C. The minimum atomic E-state index is 0.185. The van der Waals surface area contributed by atoms with E-state index >= 15 is 0 Å². The lowest BCUT2D eigenvalue weighted by atomic mass is 9.85. The van der Waals surface area contributed by atoms with Crippen LogP contribution in [0.15, 0.2) is 29.9 Å². The predicted octanol–water partition coefficient (Wildman–Crippen LogP) is 4.09. The van der Waals surface area contributed by atoms with Crippen LogP contribution < -0.4 is 5.32 Å². The molecule has 116 valence electrons. The van der Waals surface area contributed by atoms with Crippen LogP contribution in [0.2, 0.25) is 0 Å². The Labute approximate surface area is 132 Å². The van der Waals surface area contributed by atoms with Gasteiger partial charge in [-0.15, -0.1) is 11.3 Å². The van der Waals surface area contributed by atoms with E-state index in [4.69, 9.17) is 0 Å². The fraction of sp³-hybridized carbons (Fsp3) is 0.588. The zero-order valence-electron chi connectivity index (χ0n) is 13.7. The summed E-state index contributed by atoms with van der Waals surface area (Å²) >= 11 is 1.79. The summed E-state index contributed by atoms with van der Waals surface area (Å²) in [4.78, 5) is 5.88. The van der Waals surface area contributed by atoms with Crippen LogP contribution in [-0.2, 0) is 7.05 Å². The molecule has 0 bridgehead atoms. The van der Waals surface area contributed by atoms with E-state index in [1.807, 2.05) is 12.4 Å². The van der Waals surface area contributed by atoms with Crippen molar-refractivity contribution in [2.45, 2.75) is 33.7 Å². The monoisotopic (exact) mass is 305 g/mol. The average molecular weight is 305 g/mol. The zero-order chi connectivity index (χ0) is 15.4. The largest absolute Gasteiger partial charge is 0.336 e. The summed E-state index contributed by atoms with van der Waals surface area (Å²) < 4.78 is 2.11. The number of nitrogens with zero attached hydrogens (tertiary/aromatic N) is 2. The van der Waals surface area contributed by atoms with E-state index in [9.17, 15) is 0 Å². The van der Waals surface area contributed by atoms with Crippen LogP contribution in [0, 0.1) is 17.8 Å². The lowest BCUT2D eigenvalue weighted by molar-refractivity contribution is 0.269. The van der Waals surface area contributed by atoms with E-state index < -0.39 is 0 Å². The molecule has 0 aliphatic rings. The van der Waals surface area contributed by atoms with Gasteiger partial charge in [0, 0.05) is 24.3 Å². The maximum absolute atomic E-state index is 4.55. The molecule has 0 fully saturated rings. The molecule has 21 heavy (non-hydrogen) atoms. The molecule has 0 aliphatic carbocycles. The second kappa shape index (κ2) is 7.23. The Bertz CT molecular complexity index is 520. The van der Waals surface area contributed by atoms with Gasteiger partial charge < -0.3 is 9.88 Å². The quantitative estimate of drug-likeness (QED) is 0.835.